The van der Waals surface area contributed by atoms with Gasteiger partial charge in [-0.05, 0) is 0 Å². The van der Waals surface area contributed by atoms with E-state index in [0.717, 1.165) is 0 Å². The Morgan fingerprint density at radius 1 is 0.125 bits per heavy atom. The molecule has 0 amide bonds. The first-order valence-corrected chi connectivity index (χ1v) is 32.1. The summed E-state index contributed by atoms with van der Waals surface area (Å²) in [5.41, 5.74) is 7.08. The first-order chi connectivity index (χ1) is 57.6. The predicted octanol–water partition coefficient (Wildman–Crippen LogP) is 12.0. The molecule has 0 aromatic heterocycles. The molecule has 120 heavy (non-hydrogen) atoms. The van der Waals surface area contributed by atoms with Gasteiger partial charge in [0.2, 0.25) is 64.7 Å². The van der Waals surface area contributed by atoms with E-state index >= 15 is 0 Å². The van der Waals surface area contributed by atoms with Crippen LogP contribution in [0.25, 0.3) is 59.7 Å². The number of benzene rings is 12. The Balaban J connectivity index is -0.000000289. The largest absolute Gasteiger partial charge is 0.867 e. The van der Waals surface area contributed by atoms with Crippen molar-refractivity contribution in [1.82, 2.24) is 0 Å². The Kier molecular flexibility index (Phi) is 83.4. The van der Waals surface area contributed by atoms with Gasteiger partial charge < -0.3 is 86.2 Å². The monoisotopic (exact) mass is 1630 g/mol. The first kappa shape index (κ1) is 114. The van der Waals surface area contributed by atoms with Crippen LogP contribution in [0.4, 0.5) is 94.1 Å². The quantitative estimate of drug-likeness (QED) is 0.0773. The Morgan fingerprint density at radius 3 is 0.192 bits per heavy atom. The third-order valence-corrected chi connectivity index (χ3v) is 10.5. The van der Waals surface area contributed by atoms with Gasteiger partial charge in [0.1, 0.15) is 44.4 Å². The van der Waals surface area contributed by atoms with E-state index in [-0.39, 0.29) is 0 Å². The summed E-state index contributed by atoms with van der Waals surface area (Å²) in [6, 6.07) is 107. The Morgan fingerprint density at radius 2 is 0.167 bits per heavy atom. The number of rotatable bonds is 0. The van der Waals surface area contributed by atoms with Gasteiger partial charge in [0.15, 0.2) is 59.7 Å². The predicted molar refractivity (Wildman–Crippen MR) is 415 cm³/mol. The minimum absolute atomic E-state index is 0.590. The summed E-state index contributed by atoms with van der Waals surface area (Å²) < 4.78 is 59.3. The summed E-state index contributed by atoms with van der Waals surface area (Å²) in [7, 11) is -19.0. The van der Waals surface area contributed by atoms with E-state index in [9.17, 15) is 25.9 Å². The Hall–Kier alpha value is -16.8. The molecule has 0 saturated heterocycles. The molecule has 0 aliphatic rings. The van der Waals surface area contributed by atoms with Crippen LogP contribution in [0, 0.1) is 64.7 Å². The van der Waals surface area contributed by atoms with Crippen LogP contribution in [0.3, 0.4) is 0 Å². The van der Waals surface area contributed by atoms with Gasteiger partial charge in [-0.3, -0.25) is 0 Å². The zero-order valence-corrected chi connectivity index (χ0v) is 62.0. The second kappa shape index (κ2) is 87.7. The van der Waals surface area contributed by atoms with E-state index in [0.29, 0.717) is 68.2 Å². The lowest BCUT2D eigenvalue weighted by atomic mass is 10.3. The van der Waals surface area contributed by atoms with E-state index in [4.69, 9.17) is 125 Å². The second-order valence-electron chi connectivity index (χ2n) is 18.9. The van der Waals surface area contributed by atoms with Gasteiger partial charge in [-0.15, -0.1) is 0 Å². The lowest BCUT2D eigenvalue weighted by Gasteiger charge is -2.09. The standard InChI is InChI=1S/12C6H5N2.6BFO2/c12*7-8-6-4-2-1-3-5-6;6*2-1(3)4/h12*1-5H;;;;;;/q12*+1;6*-2. The zero-order valence-electron chi connectivity index (χ0n) is 62.0. The van der Waals surface area contributed by atoms with Crippen LogP contribution in [-0.4, -0.2) is 44.4 Å². The molecule has 0 unspecified atom stereocenters. The van der Waals surface area contributed by atoms with Gasteiger partial charge in [0.25, 0.3) is 0 Å². The van der Waals surface area contributed by atoms with Gasteiger partial charge in [-0.25, -0.2) is 0 Å². The number of hydrogen-bond acceptors (Lipinski definition) is 24. The molecule has 36 nitrogen and oxygen atoms in total. The summed E-state index contributed by atoms with van der Waals surface area (Å²) >= 11 is 0. The number of halogens is 6. The van der Waals surface area contributed by atoms with E-state index in [1.807, 2.05) is 218 Å². The fraction of sp³-hybridized carbons (Fsp3) is 0. The van der Waals surface area contributed by atoms with Crippen molar-refractivity contribution in [2.24, 2.45) is 0 Å². The number of diazo groups is 12. The molecule has 0 radical (unpaired) electrons. The van der Waals surface area contributed by atoms with Crippen molar-refractivity contribution in [3.05, 3.63) is 424 Å². The normalized spacial score (nSPS) is 7.65. The van der Waals surface area contributed by atoms with Crippen molar-refractivity contribution in [1.29, 1.82) is 64.7 Å². The van der Waals surface area contributed by atoms with Crippen LogP contribution in [-0.2, 0) is 0 Å². The fourth-order valence-electron chi connectivity index (χ4n) is 5.94. The topological polar surface area (TPSA) is 615 Å². The maximum absolute atomic E-state index is 9.89. The fourth-order valence-corrected chi connectivity index (χ4v) is 5.94. The molecule has 12 aromatic rings. The molecule has 0 spiro atoms. The van der Waals surface area contributed by atoms with E-state index in [2.05, 4.69) is 59.7 Å². The van der Waals surface area contributed by atoms with Crippen LogP contribution in [0.1, 0.15) is 0 Å². The molecule has 12 aromatic carbocycles. The number of nitrogens with zero attached hydrogens (tertiary/aromatic N) is 24. The lowest BCUT2D eigenvalue weighted by molar-refractivity contribution is -0.368. The molecule has 0 bridgehead atoms. The molecule has 0 heterocycles. The van der Waals surface area contributed by atoms with Gasteiger partial charge >= 0.3 is 68.2 Å². The van der Waals surface area contributed by atoms with Crippen LogP contribution < -0.4 is 60.3 Å². The molecule has 0 saturated carbocycles. The highest BCUT2D eigenvalue weighted by Gasteiger charge is 2.03. The van der Waals surface area contributed by atoms with Gasteiger partial charge in [-0.1, -0.05) is 218 Å². The van der Waals surface area contributed by atoms with E-state index < -0.39 is 44.4 Å². The molecule has 0 N–H and O–H groups in total. The minimum Gasteiger partial charge on any atom is -0.867 e. The van der Waals surface area contributed by atoms with Gasteiger partial charge in [0.05, 0.1) is 0 Å². The van der Waals surface area contributed by atoms with Crippen molar-refractivity contribution in [3.8, 4) is 0 Å². The molecule has 0 aliphatic heterocycles. The highest BCUT2D eigenvalue weighted by molar-refractivity contribution is 6.28. The average molecular weight is 1630 g/mol. The minimum atomic E-state index is -3.17. The maximum atomic E-state index is 9.89. The van der Waals surface area contributed by atoms with Crippen molar-refractivity contribution < 1.29 is 86.2 Å². The molecule has 0 fully saturated rings. The van der Waals surface area contributed by atoms with Crippen molar-refractivity contribution in [3.63, 3.8) is 0 Å². The van der Waals surface area contributed by atoms with Gasteiger partial charge in [-0.2, -0.15) is 0 Å². The molecule has 48 heteroatoms. The Bertz CT molecular complexity index is 3830. The molecule has 12 rings (SSSR count). The van der Waals surface area contributed by atoms with Crippen LogP contribution in [0.15, 0.2) is 364 Å². The number of hydrogen-bond donors (Lipinski definition) is 0. The summed E-state index contributed by atoms with van der Waals surface area (Å²) in [5, 5.41) is 198. The Labute approximate surface area is 684 Å². The lowest BCUT2D eigenvalue weighted by Crippen LogP contribution is -2.39. The molecular weight excluding hydrogens is 1570 g/mol. The van der Waals surface area contributed by atoms with Crippen LogP contribution >= 0.6 is 0 Å². The summed E-state index contributed by atoms with van der Waals surface area (Å²) in [4.78, 5) is 35.6. The van der Waals surface area contributed by atoms with Gasteiger partial charge in [0, 0.05) is 146 Å². The third-order valence-electron chi connectivity index (χ3n) is 10.5. The first-order valence-electron chi connectivity index (χ1n) is 32.1. The zero-order chi connectivity index (χ0) is 91.3. The average Bonchev–Trinajstić information content (AvgIpc) is 1.11. The third kappa shape index (κ3) is 95.4. The SMILES string of the molecule is N#[N+]c1ccccc1.N#[N+]c1ccccc1.N#[N+]c1ccccc1.N#[N+]c1ccccc1.N#[N+]c1ccccc1.N#[N+]c1ccccc1.N#[N+]c1ccccc1.N#[N+]c1ccccc1.N#[N+]c1ccccc1.N#[N+]c1ccccc1.N#[N+]c1ccccc1.N#[N+]c1ccccc1.[O-]B([O-])F.[O-]B([O-])F.[O-]B([O-])F.[O-]B([O-])F.[O-]B([O-])F.[O-]B([O-])F. The van der Waals surface area contributed by atoms with Crippen LogP contribution in [0.2, 0.25) is 0 Å². The summed E-state index contributed by atoms with van der Waals surface area (Å²) in [5.74, 6) is 0. The van der Waals surface area contributed by atoms with Crippen molar-refractivity contribution >= 4 is 113 Å². The highest BCUT2D eigenvalue weighted by atomic mass is 19.1. The molecule has 0 aliphatic carbocycles. The summed E-state index contributed by atoms with van der Waals surface area (Å²) in [6.07, 6.45) is 0. The van der Waals surface area contributed by atoms with Crippen molar-refractivity contribution in [2.45, 2.75) is 0 Å². The van der Waals surface area contributed by atoms with Crippen molar-refractivity contribution in [2.75, 3.05) is 0 Å². The maximum Gasteiger partial charge on any atom is 0.385 e. The molecule has 0 atom stereocenters. The van der Waals surface area contributed by atoms with Crippen LogP contribution in [0.5, 0.6) is 0 Å². The molecular formula is C72H60B6F6N24O12. The molecule has 600 valence electrons. The highest BCUT2D eigenvalue weighted by Crippen LogP contribution is 2.15. The summed E-state index contributed by atoms with van der Waals surface area (Å²) in [6.45, 7) is 0. The second-order valence-corrected chi connectivity index (χ2v) is 18.9. The smallest absolute Gasteiger partial charge is 0.385 e. The van der Waals surface area contributed by atoms with E-state index in [1.54, 1.807) is 146 Å². The van der Waals surface area contributed by atoms with E-state index in [1.165, 1.54) is 0 Å².